The van der Waals surface area contributed by atoms with Crippen molar-refractivity contribution in [3.8, 4) is 0 Å². The van der Waals surface area contributed by atoms with Gasteiger partial charge in [0.25, 0.3) is 0 Å². The zero-order valence-corrected chi connectivity index (χ0v) is 6.76. The molecule has 0 spiro atoms. The molecule has 0 aliphatic carbocycles. The van der Waals surface area contributed by atoms with Gasteiger partial charge in [0.05, 0.1) is 0 Å². The topological polar surface area (TPSA) is 96.2 Å². The Morgan fingerprint density at radius 1 is 1.67 bits per heavy atom. The number of hydrogen-bond acceptors (Lipinski definition) is 2. The van der Waals surface area contributed by atoms with Crippen molar-refractivity contribution in [1.29, 1.82) is 0 Å². The van der Waals surface area contributed by atoms with Crippen molar-refractivity contribution in [2.75, 3.05) is 0 Å². The van der Waals surface area contributed by atoms with E-state index in [4.69, 9.17) is 5.73 Å². The first-order valence-corrected chi connectivity index (χ1v) is 3.71. The van der Waals surface area contributed by atoms with Crippen LogP contribution in [0.25, 0.3) is 0 Å². The molecule has 1 aliphatic rings. The Balaban J connectivity index is 2.44. The molecule has 4 amide bonds. The van der Waals surface area contributed by atoms with E-state index in [2.05, 4.69) is 16.0 Å². The van der Waals surface area contributed by atoms with Crippen molar-refractivity contribution in [3.05, 3.63) is 0 Å². The van der Waals surface area contributed by atoms with E-state index in [-0.39, 0.29) is 18.2 Å². The van der Waals surface area contributed by atoms with E-state index in [0.717, 1.165) is 0 Å². The molecule has 0 aromatic carbocycles. The van der Waals surface area contributed by atoms with Crippen molar-refractivity contribution in [3.63, 3.8) is 0 Å². The minimum absolute atomic E-state index is 0.0515. The van der Waals surface area contributed by atoms with Crippen molar-refractivity contribution >= 4 is 12.1 Å². The number of carbonyl (C=O) groups is 2. The van der Waals surface area contributed by atoms with Crippen molar-refractivity contribution < 1.29 is 9.59 Å². The first-order chi connectivity index (χ1) is 5.58. The molecule has 1 saturated heterocycles. The van der Waals surface area contributed by atoms with Crippen LogP contribution in [0, 0.1) is 0 Å². The number of nitrogens with one attached hydrogen (secondary N) is 3. The second-order valence-corrected chi connectivity index (χ2v) is 2.82. The molecule has 1 fully saturated rings. The maximum Gasteiger partial charge on any atom is 0.316 e. The third-order valence-electron chi connectivity index (χ3n) is 1.59. The lowest BCUT2D eigenvalue weighted by Crippen LogP contribution is -2.60. The number of nitrogens with two attached hydrogens (primary N) is 1. The zero-order chi connectivity index (χ0) is 9.14. The van der Waals surface area contributed by atoms with Gasteiger partial charge in [-0.15, -0.1) is 0 Å². The SMILES string of the molecule is C[C@@H]1C[C@@H](NC(N)=O)NC(=O)N1. The molecule has 1 rings (SSSR count). The highest BCUT2D eigenvalue weighted by Gasteiger charge is 2.22. The lowest BCUT2D eigenvalue weighted by molar-refractivity contribution is 0.211. The molecular weight excluding hydrogens is 160 g/mol. The van der Waals surface area contributed by atoms with Gasteiger partial charge in [0.1, 0.15) is 6.17 Å². The van der Waals surface area contributed by atoms with E-state index >= 15 is 0 Å². The van der Waals surface area contributed by atoms with Crippen molar-refractivity contribution in [2.24, 2.45) is 5.73 Å². The summed E-state index contributed by atoms with van der Waals surface area (Å²) in [5.74, 6) is 0. The minimum Gasteiger partial charge on any atom is -0.352 e. The largest absolute Gasteiger partial charge is 0.352 e. The molecule has 6 nitrogen and oxygen atoms in total. The zero-order valence-electron chi connectivity index (χ0n) is 6.76. The van der Waals surface area contributed by atoms with E-state index < -0.39 is 6.03 Å². The van der Waals surface area contributed by atoms with E-state index in [0.29, 0.717) is 6.42 Å². The third kappa shape index (κ3) is 2.30. The Bertz CT molecular complexity index is 204. The average Bonchev–Trinajstić information content (AvgIpc) is 1.81. The maximum absolute atomic E-state index is 10.9. The second-order valence-electron chi connectivity index (χ2n) is 2.82. The van der Waals surface area contributed by atoms with Gasteiger partial charge in [-0.25, -0.2) is 9.59 Å². The molecule has 1 heterocycles. The number of amides is 4. The molecule has 5 N–H and O–H groups in total. The Morgan fingerprint density at radius 2 is 2.33 bits per heavy atom. The second kappa shape index (κ2) is 3.29. The summed E-state index contributed by atoms with van der Waals surface area (Å²) in [6, 6.07) is -0.863. The number of carbonyl (C=O) groups excluding carboxylic acids is 2. The normalized spacial score (nSPS) is 28.6. The smallest absolute Gasteiger partial charge is 0.316 e. The molecule has 1 aliphatic heterocycles. The number of urea groups is 2. The standard InChI is InChI=1S/C6H12N4O2/c1-3-2-4(9-5(7)11)10-6(12)8-3/h3-4H,2H2,1H3,(H3,7,9,11)(H2,8,10,12)/t3-,4+/m1/s1. The van der Waals surface area contributed by atoms with E-state index in [1.807, 2.05) is 6.92 Å². The predicted molar refractivity (Wildman–Crippen MR) is 42.3 cm³/mol. The molecule has 0 bridgehead atoms. The Hall–Kier alpha value is -1.46. The lowest BCUT2D eigenvalue weighted by atomic mass is 10.1. The molecule has 12 heavy (non-hydrogen) atoms. The fourth-order valence-corrected chi connectivity index (χ4v) is 1.16. The highest BCUT2D eigenvalue weighted by Crippen LogP contribution is 2.00. The van der Waals surface area contributed by atoms with Gasteiger partial charge in [0.2, 0.25) is 0 Å². The van der Waals surface area contributed by atoms with Crippen LogP contribution in [0.4, 0.5) is 9.59 Å². The van der Waals surface area contributed by atoms with Crippen LogP contribution in [0.1, 0.15) is 13.3 Å². The highest BCUT2D eigenvalue weighted by atomic mass is 16.2. The lowest BCUT2D eigenvalue weighted by Gasteiger charge is -2.28. The summed E-state index contributed by atoms with van der Waals surface area (Å²) in [5, 5.41) is 7.57. The van der Waals surface area contributed by atoms with Gasteiger partial charge in [-0.1, -0.05) is 0 Å². The quantitative estimate of drug-likeness (QED) is 0.411. The van der Waals surface area contributed by atoms with Gasteiger partial charge in [-0.2, -0.15) is 0 Å². The molecule has 0 unspecified atom stereocenters. The summed E-state index contributed by atoms with van der Waals surface area (Å²) in [7, 11) is 0. The van der Waals surface area contributed by atoms with Crippen molar-refractivity contribution in [2.45, 2.75) is 25.6 Å². The molecular formula is C6H12N4O2. The Morgan fingerprint density at radius 3 is 2.83 bits per heavy atom. The van der Waals surface area contributed by atoms with Gasteiger partial charge >= 0.3 is 12.1 Å². The summed E-state index contributed by atoms with van der Waals surface area (Å²) in [6.07, 6.45) is 0.278. The molecule has 68 valence electrons. The molecule has 0 aromatic heterocycles. The molecule has 0 saturated carbocycles. The van der Waals surface area contributed by atoms with Crippen LogP contribution in [0.5, 0.6) is 0 Å². The monoisotopic (exact) mass is 172 g/mol. The van der Waals surface area contributed by atoms with Crippen LogP contribution in [0.3, 0.4) is 0 Å². The van der Waals surface area contributed by atoms with E-state index in [9.17, 15) is 9.59 Å². The van der Waals surface area contributed by atoms with Gasteiger partial charge < -0.3 is 21.7 Å². The van der Waals surface area contributed by atoms with Crippen LogP contribution in [0.15, 0.2) is 0 Å². The molecule has 2 atom stereocenters. The Kier molecular flexibility index (Phi) is 2.37. The van der Waals surface area contributed by atoms with Gasteiger partial charge in [-0.3, -0.25) is 0 Å². The first kappa shape index (κ1) is 8.63. The molecule has 0 radical (unpaired) electrons. The van der Waals surface area contributed by atoms with Crippen LogP contribution in [0.2, 0.25) is 0 Å². The Labute approximate surface area is 69.9 Å². The maximum atomic E-state index is 10.9. The predicted octanol–water partition coefficient (Wildman–Crippen LogP) is -0.928. The average molecular weight is 172 g/mol. The number of hydrogen-bond donors (Lipinski definition) is 4. The number of primary amides is 1. The van der Waals surface area contributed by atoms with Gasteiger partial charge in [0, 0.05) is 12.5 Å². The minimum atomic E-state index is -0.630. The summed E-state index contributed by atoms with van der Waals surface area (Å²) < 4.78 is 0. The first-order valence-electron chi connectivity index (χ1n) is 3.71. The fourth-order valence-electron chi connectivity index (χ4n) is 1.16. The van der Waals surface area contributed by atoms with Crippen molar-refractivity contribution in [1.82, 2.24) is 16.0 Å². The summed E-state index contributed by atoms with van der Waals surface area (Å²) in [5.41, 5.74) is 4.89. The summed E-state index contributed by atoms with van der Waals surface area (Å²) in [6.45, 7) is 1.86. The summed E-state index contributed by atoms with van der Waals surface area (Å²) >= 11 is 0. The number of rotatable bonds is 1. The summed E-state index contributed by atoms with van der Waals surface area (Å²) in [4.78, 5) is 21.3. The van der Waals surface area contributed by atoms with Crippen LogP contribution in [-0.2, 0) is 0 Å². The van der Waals surface area contributed by atoms with Crippen LogP contribution < -0.4 is 21.7 Å². The highest BCUT2D eigenvalue weighted by molar-refractivity contribution is 5.77. The van der Waals surface area contributed by atoms with E-state index in [1.54, 1.807) is 0 Å². The van der Waals surface area contributed by atoms with Crippen LogP contribution in [-0.4, -0.2) is 24.3 Å². The van der Waals surface area contributed by atoms with Gasteiger partial charge in [0.15, 0.2) is 0 Å². The van der Waals surface area contributed by atoms with E-state index in [1.165, 1.54) is 0 Å². The molecule has 0 aromatic rings. The third-order valence-corrected chi connectivity index (χ3v) is 1.59. The molecule has 6 heteroatoms. The van der Waals surface area contributed by atoms with Gasteiger partial charge in [-0.05, 0) is 6.92 Å². The fraction of sp³-hybridized carbons (Fsp3) is 0.667. The van der Waals surface area contributed by atoms with Crippen LogP contribution >= 0.6 is 0 Å².